The van der Waals surface area contributed by atoms with Gasteiger partial charge in [-0.2, -0.15) is 0 Å². The molecule has 2 rings (SSSR count). The standard InChI is InChI=1S/C14H19N3O3S/c1-9-5-10(7-15)8-16(9)14(18)11-3-4-13(21-2)12(6-11)17(19)20/h3-4,6,9-10H,5,7-8,15H2,1-2H3. The zero-order valence-electron chi connectivity index (χ0n) is 12.1. The van der Waals surface area contributed by atoms with Crippen molar-refractivity contribution in [2.75, 3.05) is 19.3 Å². The zero-order chi connectivity index (χ0) is 15.6. The van der Waals surface area contributed by atoms with Crippen molar-refractivity contribution < 1.29 is 9.72 Å². The number of nitrogens with zero attached hydrogens (tertiary/aromatic N) is 2. The minimum atomic E-state index is -0.446. The molecule has 7 heteroatoms. The summed E-state index contributed by atoms with van der Waals surface area (Å²) in [6.45, 7) is 3.16. The van der Waals surface area contributed by atoms with Gasteiger partial charge in [0.2, 0.25) is 0 Å². The second-order valence-electron chi connectivity index (χ2n) is 5.29. The number of hydrogen-bond donors (Lipinski definition) is 1. The van der Waals surface area contributed by atoms with Gasteiger partial charge in [-0.3, -0.25) is 14.9 Å². The van der Waals surface area contributed by atoms with Crippen LogP contribution in [-0.4, -0.2) is 41.1 Å². The normalized spacial score (nSPS) is 21.6. The molecule has 114 valence electrons. The van der Waals surface area contributed by atoms with E-state index in [0.29, 0.717) is 29.5 Å². The van der Waals surface area contributed by atoms with Gasteiger partial charge in [0, 0.05) is 24.2 Å². The minimum absolute atomic E-state index is 0.0180. The third kappa shape index (κ3) is 3.19. The summed E-state index contributed by atoms with van der Waals surface area (Å²) >= 11 is 1.30. The molecule has 0 saturated carbocycles. The van der Waals surface area contributed by atoms with E-state index in [-0.39, 0.29) is 17.6 Å². The Morgan fingerprint density at radius 3 is 2.81 bits per heavy atom. The zero-order valence-corrected chi connectivity index (χ0v) is 12.9. The van der Waals surface area contributed by atoms with Crippen LogP contribution in [0.3, 0.4) is 0 Å². The minimum Gasteiger partial charge on any atom is -0.336 e. The fraction of sp³-hybridized carbons (Fsp3) is 0.500. The van der Waals surface area contributed by atoms with Gasteiger partial charge in [0.15, 0.2) is 0 Å². The van der Waals surface area contributed by atoms with Gasteiger partial charge in [0.25, 0.3) is 11.6 Å². The Balaban J connectivity index is 2.28. The predicted molar refractivity (Wildman–Crippen MR) is 82.5 cm³/mol. The van der Waals surface area contributed by atoms with Gasteiger partial charge in [0.1, 0.15) is 0 Å². The van der Waals surface area contributed by atoms with Gasteiger partial charge in [-0.05, 0) is 44.2 Å². The van der Waals surface area contributed by atoms with E-state index >= 15 is 0 Å². The fourth-order valence-corrected chi connectivity index (χ4v) is 3.27. The molecule has 0 bridgehead atoms. The molecule has 0 spiro atoms. The van der Waals surface area contributed by atoms with Crippen molar-refractivity contribution in [3.8, 4) is 0 Å². The molecule has 1 heterocycles. The fourth-order valence-electron chi connectivity index (χ4n) is 2.73. The second-order valence-corrected chi connectivity index (χ2v) is 6.14. The number of nitro benzene ring substituents is 1. The number of likely N-dealkylation sites (tertiary alicyclic amines) is 1. The van der Waals surface area contributed by atoms with Gasteiger partial charge in [0.05, 0.1) is 9.82 Å². The Labute approximate surface area is 127 Å². The summed E-state index contributed by atoms with van der Waals surface area (Å²) in [5.74, 6) is 0.151. The summed E-state index contributed by atoms with van der Waals surface area (Å²) in [5, 5.41) is 11.1. The van der Waals surface area contributed by atoms with E-state index in [4.69, 9.17) is 5.73 Å². The van der Waals surface area contributed by atoms with Crippen LogP contribution in [0.15, 0.2) is 23.1 Å². The number of rotatable bonds is 4. The van der Waals surface area contributed by atoms with Crippen molar-refractivity contribution in [1.29, 1.82) is 0 Å². The van der Waals surface area contributed by atoms with Crippen LogP contribution in [0.5, 0.6) is 0 Å². The number of carbonyl (C=O) groups excluding carboxylic acids is 1. The van der Waals surface area contributed by atoms with E-state index in [1.165, 1.54) is 17.8 Å². The van der Waals surface area contributed by atoms with Gasteiger partial charge >= 0.3 is 0 Å². The van der Waals surface area contributed by atoms with Crippen LogP contribution in [0.4, 0.5) is 5.69 Å². The lowest BCUT2D eigenvalue weighted by molar-refractivity contribution is -0.387. The van der Waals surface area contributed by atoms with Crippen molar-refractivity contribution in [2.45, 2.75) is 24.3 Å². The number of carbonyl (C=O) groups is 1. The van der Waals surface area contributed by atoms with Crippen LogP contribution < -0.4 is 5.73 Å². The van der Waals surface area contributed by atoms with Crippen molar-refractivity contribution in [2.24, 2.45) is 11.7 Å². The lowest BCUT2D eigenvalue weighted by atomic mass is 10.1. The number of amides is 1. The van der Waals surface area contributed by atoms with E-state index in [1.807, 2.05) is 6.92 Å². The highest BCUT2D eigenvalue weighted by Crippen LogP contribution is 2.30. The summed E-state index contributed by atoms with van der Waals surface area (Å²) in [7, 11) is 0. The van der Waals surface area contributed by atoms with Crippen LogP contribution in [0.2, 0.25) is 0 Å². The predicted octanol–water partition coefficient (Wildman–Crippen LogP) is 2.13. The topological polar surface area (TPSA) is 89.5 Å². The molecule has 0 radical (unpaired) electrons. The highest BCUT2D eigenvalue weighted by atomic mass is 32.2. The summed E-state index contributed by atoms with van der Waals surface area (Å²) in [6.07, 6.45) is 2.66. The molecule has 1 amide bonds. The summed E-state index contributed by atoms with van der Waals surface area (Å²) in [5.41, 5.74) is 6.02. The number of thioether (sulfide) groups is 1. The molecule has 1 aliphatic rings. The van der Waals surface area contributed by atoms with Crippen LogP contribution in [0, 0.1) is 16.0 Å². The maximum atomic E-state index is 12.5. The van der Waals surface area contributed by atoms with Gasteiger partial charge in [-0.25, -0.2) is 0 Å². The maximum absolute atomic E-state index is 12.5. The summed E-state index contributed by atoms with van der Waals surface area (Å²) in [4.78, 5) is 25.5. The molecule has 21 heavy (non-hydrogen) atoms. The van der Waals surface area contributed by atoms with Crippen molar-refractivity contribution >= 4 is 23.4 Å². The van der Waals surface area contributed by atoms with Crippen LogP contribution in [-0.2, 0) is 0 Å². The first-order valence-electron chi connectivity index (χ1n) is 6.81. The molecule has 1 aromatic rings. The van der Waals surface area contributed by atoms with Gasteiger partial charge < -0.3 is 10.6 Å². The third-order valence-electron chi connectivity index (χ3n) is 3.88. The molecule has 1 aromatic carbocycles. The molecule has 6 nitrogen and oxygen atoms in total. The first kappa shape index (κ1) is 15.8. The molecule has 0 aromatic heterocycles. The second kappa shape index (κ2) is 6.44. The number of hydrogen-bond acceptors (Lipinski definition) is 5. The quantitative estimate of drug-likeness (QED) is 0.523. The van der Waals surface area contributed by atoms with E-state index in [1.54, 1.807) is 23.3 Å². The average molecular weight is 309 g/mol. The first-order chi connectivity index (χ1) is 9.97. The molecule has 0 aliphatic carbocycles. The van der Waals surface area contributed by atoms with Crippen LogP contribution >= 0.6 is 11.8 Å². The molecule has 1 aliphatic heterocycles. The Hall–Kier alpha value is -1.60. The molecular weight excluding hydrogens is 290 g/mol. The lowest BCUT2D eigenvalue weighted by Crippen LogP contribution is -2.34. The van der Waals surface area contributed by atoms with E-state index < -0.39 is 4.92 Å². The van der Waals surface area contributed by atoms with E-state index in [0.717, 1.165) is 6.42 Å². The van der Waals surface area contributed by atoms with Crippen molar-refractivity contribution in [3.05, 3.63) is 33.9 Å². The molecule has 2 unspecified atom stereocenters. The van der Waals surface area contributed by atoms with Crippen LogP contribution in [0.25, 0.3) is 0 Å². The molecule has 1 fully saturated rings. The summed E-state index contributed by atoms with van der Waals surface area (Å²) < 4.78 is 0. The number of benzene rings is 1. The Kier molecular flexibility index (Phi) is 4.84. The third-order valence-corrected chi connectivity index (χ3v) is 4.66. The Bertz CT molecular complexity index is 564. The van der Waals surface area contributed by atoms with Gasteiger partial charge in [-0.15, -0.1) is 11.8 Å². The highest BCUT2D eigenvalue weighted by molar-refractivity contribution is 7.98. The van der Waals surface area contributed by atoms with Crippen molar-refractivity contribution in [1.82, 2.24) is 4.90 Å². The Morgan fingerprint density at radius 2 is 2.29 bits per heavy atom. The Morgan fingerprint density at radius 1 is 1.57 bits per heavy atom. The summed E-state index contributed by atoms with van der Waals surface area (Å²) in [6, 6.07) is 4.78. The molecule has 2 N–H and O–H groups in total. The van der Waals surface area contributed by atoms with Gasteiger partial charge in [-0.1, -0.05) is 0 Å². The molecule has 1 saturated heterocycles. The van der Waals surface area contributed by atoms with E-state index in [2.05, 4.69) is 0 Å². The maximum Gasteiger partial charge on any atom is 0.283 e. The largest absolute Gasteiger partial charge is 0.336 e. The monoisotopic (exact) mass is 309 g/mol. The molecular formula is C14H19N3O3S. The smallest absolute Gasteiger partial charge is 0.283 e. The molecule has 2 atom stereocenters. The average Bonchev–Trinajstić information content (AvgIpc) is 2.86. The number of nitro groups is 1. The van der Waals surface area contributed by atoms with Crippen molar-refractivity contribution in [3.63, 3.8) is 0 Å². The first-order valence-corrected chi connectivity index (χ1v) is 8.03. The highest BCUT2D eigenvalue weighted by Gasteiger charge is 2.32. The van der Waals surface area contributed by atoms with Crippen LogP contribution in [0.1, 0.15) is 23.7 Å². The lowest BCUT2D eigenvalue weighted by Gasteiger charge is -2.21. The SMILES string of the molecule is CSc1ccc(C(=O)N2CC(CN)CC2C)cc1[N+](=O)[O-]. The van der Waals surface area contributed by atoms with E-state index in [9.17, 15) is 14.9 Å². The number of nitrogens with two attached hydrogens (primary N) is 1.